The van der Waals surface area contributed by atoms with Gasteiger partial charge in [0.15, 0.2) is 0 Å². The van der Waals surface area contributed by atoms with Crippen LogP contribution in [0.2, 0.25) is 0 Å². The molecular formula is C12H27NSV. The first-order valence-electron chi connectivity index (χ1n) is 4.20. The molecule has 0 unspecified atom stereocenters. The van der Waals surface area contributed by atoms with Crippen molar-refractivity contribution >= 4 is 17.2 Å². The van der Waals surface area contributed by atoms with Crippen LogP contribution < -0.4 is 5.32 Å². The largest absolute Gasteiger partial charge is 2.00 e. The first kappa shape index (κ1) is 24.5. The van der Waals surface area contributed by atoms with E-state index in [1.54, 1.807) is 0 Å². The van der Waals surface area contributed by atoms with Gasteiger partial charge in [-0.2, -0.15) is 27.7 Å². The molecule has 0 saturated carbocycles. The predicted molar refractivity (Wildman–Crippen MR) is 72.5 cm³/mol. The third-order valence-corrected chi connectivity index (χ3v) is 2.64. The van der Waals surface area contributed by atoms with E-state index in [2.05, 4.69) is 33.0 Å². The summed E-state index contributed by atoms with van der Waals surface area (Å²) in [6.45, 7) is 12.5. The second kappa shape index (κ2) is 9.56. The molecule has 1 N–H and O–H groups in total. The van der Waals surface area contributed by atoms with Gasteiger partial charge < -0.3 is 11.2 Å². The molecule has 0 spiro atoms. The standard InChI is InChI=1S/C10H19NS.2CH4.V/c1-7(2)9(12)11-10(5,6)8(3)4;;;/h1-6H3,(H,11,12);2*1H4;/q-2;;;+2. The Labute approximate surface area is 115 Å². The van der Waals surface area contributed by atoms with Gasteiger partial charge in [-0.15, -0.1) is 12.2 Å². The molecule has 0 saturated heterocycles. The Bertz CT molecular complexity index is 165. The maximum atomic E-state index is 5.18. The van der Waals surface area contributed by atoms with Crippen molar-refractivity contribution in [1.82, 2.24) is 5.32 Å². The van der Waals surface area contributed by atoms with Crippen molar-refractivity contribution in [3.63, 3.8) is 0 Å². The van der Waals surface area contributed by atoms with Crippen LogP contribution >= 0.6 is 12.2 Å². The smallest absolute Gasteiger partial charge is 0.429 e. The Morgan fingerprint density at radius 2 is 1.40 bits per heavy atom. The predicted octanol–water partition coefficient (Wildman–Crippen LogP) is 4.18. The molecule has 0 aliphatic rings. The van der Waals surface area contributed by atoms with Gasteiger partial charge in [0.1, 0.15) is 0 Å². The van der Waals surface area contributed by atoms with Crippen LogP contribution in [0.3, 0.4) is 0 Å². The Kier molecular flexibility index (Phi) is 15.6. The SMILES string of the molecule is C.C.C[C-](C)C(=S)NC(C)(C)[C-](C)C.[V+2]. The summed E-state index contributed by atoms with van der Waals surface area (Å²) in [5.41, 5.74) is 0.00829. The van der Waals surface area contributed by atoms with Gasteiger partial charge in [0.2, 0.25) is 0 Å². The molecule has 0 aromatic carbocycles. The molecule has 0 amide bonds. The summed E-state index contributed by atoms with van der Waals surface area (Å²) < 4.78 is 0. The fourth-order valence-electron chi connectivity index (χ4n) is 0.534. The second-order valence-electron chi connectivity index (χ2n) is 4.08. The topological polar surface area (TPSA) is 12.0 Å². The average molecular weight is 268 g/mol. The summed E-state index contributed by atoms with van der Waals surface area (Å²) in [6, 6.07) is 0. The van der Waals surface area contributed by atoms with Crippen molar-refractivity contribution in [3.8, 4) is 0 Å². The van der Waals surface area contributed by atoms with Crippen LogP contribution in [0, 0.1) is 11.8 Å². The van der Waals surface area contributed by atoms with E-state index < -0.39 is 0 Å². The minimum atomic E-state index is 0. The Hall–Kier alpha value is 0.344. The van der Waals surface area contributed by atoms with Crippen LogP contribution in [0.4, 0.5) is 0 Å². The van der Waals surface area contributed by atoms with Crippen molar-refractivity contribution in [1.29, 1.82) is 0 Å². The van der Waals surface area contributed by atoms with E-state index in [0.29, 0.717) is 0 Å². The van der Waals surface area contributed by atoms with Crippen LogP contribution in [0.5, 0.6) is 0 Å². The monoisotopic (exact) mass is 268 g/mol. The van der Waals surface area contributed by atoms with Crippen molar-refractivity contribution < 1.29 is 18.6 Å². The zero-order valence-electron chi connectivity index (χ0n) is 9.36. The minimum Gasteiger partial charge on any atom is -0.429 e. The molecule has 1 nitrogen and oxygen atoms in total. The van der Waals surface area contributed by atoms with Gasteiger partial charge in [0.05, 0.1) is 0 Å². The number of hydrogen-bond acceptors (Lipinski definition) is 1. The van der Waals surface area contributed by atoms with E-state index in [9.17, 15) is 0 Å². The Morgan fingerprint density at radius 1 is 1.07 bits per heavy atom. The summed E-state index contributed by atoms with van der Waals surface area (Å²) in [5.74, 6) is 2.51. The molecule has 0 rings (SSSR count). The quantitative estimate of drug-likeness (QED) is 0.608. The third-order valence-electron chi connectivity index (χ3n) is 2.13. The molecule has 0 atom stereocenters. The van der Waals surface area contributed by atoms with Crippen molar-refractivity contribution in [2.45, 2.75) is 61.9 Å². The molecule has 0 aliphatic carbocycles. The maximum absolute atomic E-state index is 5.18. The van der Waals surface area contributed by atoms with E-state index in [4.69, 9.17) is 12.2 Å². The van der Waals surface area contributed by atoms with Gasteiger partial charge in [0.25, 0.3) is 0 Å². The van der Waals surface area contributed by atoms with Gasteiger partial charge >= 0.3 is 18.6 Å². The average Bonchev–Trinajstić information content (AvgIpc) is 1.85. The summed E-state index contributed by atoms with van der Waals surface area (Å²) in [7, 11) is 0. The molecule has 0 bridgehead atoms. The maximum Gasteiger partial charge on any atom is 2.00 e. The molecule has 0 heterocycles. The summed E-state index contributed by atoms with van der Waals surface area (Å²) >= 11 is 5.18. The summed E-state index contributed by atoms with van der Waals surface area (Å²) in [5, 5.41) is 3.31. The number of hydrogen-bond donors (Lipinski definition) is 1. The van der Waals surface area contributed by atoms with Crippen LogP contribution in [-0.2, 0) is 18.6 Å². The second-order valence-corrected chi connectivity index (χ2v) is 4.49. The summed E-state index contributed by atoms with van der Waals surface area (Å²) in [6.07, 6.45) is 0. The van der Waals surface area contributed by atoms with Gasteiger partial charge in [-0.25, -0.2) is 0 Å². The zero-order chi connectivity index (χ0) is 9.94. The molecule has 91 valence electrons. The molecule has 0 aliphatic heterocycles. The van der Waals surface area contributed by atoms with Gasteiger partial charge in [-0.1, -0.05) is 39.2 Å². The Morgan fingerprint density at radius 3 is 1.60 bits per heavy atom. The normalized spacial score (nSPS) is 9.27. The molecule has 1 radical (unpaired) electrons. The number of rotatable bonds is 3. The van der Waals surface area contributed by atoms with Crippen LogP contribution in [-0.4, -0.2) is 10.5 Å². The van der Waals surface area contributed by atoms with Crippen LogP contribution in [0.15, 0.2) is 0 Å². The van der Waals surface area contributed by atoms with Crippen molar-refractivity contribution in [2.24, 2.45) is 0 Å². The van der Waals surface area contributed by atoms with Gasteiger partial charge in [-0.05, 0) is 0 Å². The first-order valence-corrected chi connectivity index (χ1v) is 4.61. The molecular weight excluding hydrogens is 241 g/mol. The minimum absolute atomic E-state index is 0. The zero-order valence-corrected chi connectivity index (χ0v) is 11.6. The fraction of sp³-hybridized carbons (Fsp3) is 0.750. The van der Waals surface area contributed by atoms with Crippen molar-refractivity contribution in [2.75, 3.05) is 0 Å². The van der Waals surface area contributed by atoms with E-state index in [-0.39, 0.29) is 38.9 Å². The van der Waals surface area contributed by atoms with Gasteiger partial charge in [0, 0.05) is 0 Å². The van der Waals surface area contributed by atoms with Crippen molar-refractivity contribution in [3.05, 3.63) is 11.8 Å². The fourth-order valence-corrected chi connectivity index (χ4v) is 0.789. The van der Waals surface area contributed by atoms with Gasteiger partial charge in [-0.3, -0.25) is 5.92 Å². The van der Waals surface area contributed by atoms with Crippen LogP contribution in [0.1, 0.15) is 56.4 Å². The molecule has 15 heavy (non-hydrogen) atoms. The van der Waals surface area contributed by atoms with E-state index >= 15 is 0 Å². The number of nitrogens with one attached hydrogen (secondary N) is 1. The molecule has 0 aromatic heterocycles. The van der Waals surface area contributed by atoms with Crippen LogP contribution in [0.25, 0.3) is 0 Å². The van der Waals surface area contributed by atoms with E-state index in [1.165, 1.54) is 11.8 Å². The third kappa shape index (κ3) is 9.28. The molecule has 0 aromatic rings. The number of thiocarbonyl (C=S) groups is 1. The molecule has 0 fully saturated rings. The van der Waals surface area contributed by atoms with E-state index in [0.717, 1.165) is 4.99 Å². The first-order chi connectivity index (χ1) is 5.27. The van der Waals surface area contributed by atoms with E-state index in [1.807, 2.05) is 13.8 Å². The Balaban J connectivity index is -0.000000202. The summed E-state index contributed by atoms with van der Waals surface area (Å²) in [4.78, 5) is 0.862. The molecule has 3 heteroatoms.